The van der Waals surface area contributed by atoms with E-state index < -0.39 is 0 Å². The maximum absolute atomic E-state index is 4.51. The Balaban J connectivity index is 2.35. The maximum Gasteiger partial charge on any atom is 0.209 e. The number of nitrogens with zero attached hydrogens (tertiary/aromatic N) is 3. The summed E-state index contributed by atoms with van der Waals surface area (Å²) in [6, 6.07) is 10.1. The van der Waals surface area contributed by atoms with Crippen molar-refractivity contribution >= 4 is 38.4 Å². The summed E-state index contributed by atoms with van der Waals surface area (Å²) in [4.78, 5) is 8.88. The van der Waals surface area contributed by atoms with Crippen LogP contribution in [0.25, 0.3) is 21.5 Å². The lowest BCUT2D eigenvalue weighted by Gasteiger charge is -2.04. The molecular formula is C12H8BrN3S. The molecule has 1 aromatic carbocycles. The second kappa shape index (κ2) is 4.16. The first kappa shape index (κ1) is 10.8. The molecule has 0 bridgehead atoms. The molecule has 0 N–H and O–H groups in total. The molecule has 0 amide bonds. The summed E-state index contributed by atoms with van der Waals surface area (Å²) >= 11 is 4.67. The zero-order chi connectivity index (χ0) is 11.8. The Morgan fingerprint density at radius 2 is 2.00 bits per heavy atom. The number of hydrogen-bond donors (Lipinski definition) is 0. The minimum Gasteiger partial charge on any atom is -0.253 e. The molecule has 0 unspecified atom stereocenters. The molecule has 3 aromatic rings. The highest BCUT2D eigenvalue weighted by molar-refractivity contribution is 9.10. The minimum atomic E-state index is 0.635. The van der Waals surface area contributed by atoms with Gasteiger partial charge in [-0.15, -0.1) is 0 Å². The van der Waals surface area contributed by atoms with Gasteiger partial charge in [0, 0.05) is 16.6 Å². The van der Waals surface area contributed by atoms with Crippen molar-refractivity contribution in [3.05, 3.63) is 40.8 Å². The van der Waals surface area contributed by atoms with Crippen molar-refractivity contribution in [2.45, 2.75) is 6.92 Å². The number of halogens is 1. The Kier molecular flexibility index (Phi) is 2.64. The Hall–Kier alpha value is -1.33. The first-order valence-electron chi connectivity index (χ1n) is 5.10. The van der Waals surface area contributed by atoms with Crippen LogP contribution in [0.4, 0.5) is 0 Å². The molecule has 0 aliphatic heterocycles. The van der Waals surface area contributed by atoms with Crippen LogP contribution < -0.4 is 0 Å². The molecule has 0 spiro atoms. The molecule has 17 heavy (non-hydrogen) atoms. The van der Waals surface area contributed by atoms with Crippen LogP contribution in [0, 0.1) is 6.92 Å². The van der Waals surface area contributed by atoms with Crippen LogP contribution in [0.5, 0.6) is 0 Å². The molecule has 0 aliphatic rings. The van der Waals surface area contributed by atoms with Crippen molar-refractivity contribution in [1.82, 2.24) is 14.3 Å². The van der Waals surface area contributed by atoms with Gasteiger partial charge in [0.25, 0.3) is 0 Å². The van der Waals surface area contributed by atoms with E-state index in [1.54, 1.807) is 0 Å². The summed E-state index contributed by atoms with van der Waals surface area (Å²) in [6.45, 7) is 1.99. The average molecular weight is 306 g/mol. The van der Waals surface area contributed by atoms with E-state index in [-0.39, 0.29) is 0 Å². The van der Waals surface area contributed by atoms with Crippen LogP contribution in [0.1, 0.15) is 5.69 Å². The third kappa shape index (κ3) is 1.96. The number of hydrogen-bond acceptors (Lipinski definition) is 4. The van der Waals surface area contributed by atoms with Crippen LogP contribution in [-0.4, -0.2) is 14.3 Å². The van der Waals surface area contributed by atoms with Gasteiger partial charge in [0.15, 0.2) is 0 Å². The smallest absolute Gasteiger partial charge is 0.209 e. The van der Waals surface area contributed by atoms with Crippen molar-refractivity contribution in [3.8, 4) is 10.6 Å². The van der Waals surface area contributed by atoms with Crippen LogP contribution in [0.3, 0.4) is 0 Å². The molecule has 2 heterocycles. The van der Waals surface area contributed by atoms with Gasteiger partial charge in [0.1, 0.15) is 5.01 Å². The highest BCUT2D eigenvalue weighted by Crippen LogP contribution is 2.30. The molecule has 3 rings (SSSR count). The monoisotopic (exact) mass is 305 g/mol. The van der Waals surface area contributed by atoms with E-state index >= 15 is 0 Å². The number of rotatable bonds is 1. The van der Waals surface area contributed by atoms with Gasteiger partial charge in [-0.1, -0.05) is 18.2 Å². The molecule has 0 atom stereocenters. The first-order chi connectivity index (χ1) is 8.24. The molecular weight excluding hydrogens is 298 g/mol. The van der Waals surface area contributed by atoms with E-state index in [1.165, 1.54) is 11.5 Å². The Morgan fingerprint density at radius 3 is 2.76 bits per heavy atom. The first-order valence-corrected chi connectivity index (χ1v) is 6.66. The standard InChI is InChI=1S/C12H8BrN3S/c1-7-6-9(11-15-12(13)16-17-11)8-4-2-3-5-10(8)14-7/h2-6H,1H3. The number of para-hydroxylation sites is 1. The fourth-order valence-corrected chi connectivity index (χ4v) is 2.91. The van der Waals surface area contributed by atoms with E-state index in [4.69, 9.17) is 0 Å². The average Bonchev–Trinajstić information content (AvgIpc) is 2.74. The van der Waals surface area contributed by atoms with Crippen molar-refractivity contribution in [2.75, 3.05) is 0 Å². The predicted molar refractivity (Wildman–Crippen MR) is 73.1 cm³/mol. The molecule has 0 saturated carbocycles. The van der Waals surface area contributed by atoms with Gasteiger partial charge in [-0.2, -0.15) is 4.37 Å². The molecule has 0 aliphatic carbocycles. The lowest BCUT2D eigenvalue weighted by molar-refractivity contribution is 1.24. The summed E-state index contributed by atoms with van der Waals surface area (Å²) in [6.07, 6.45) is 0. The Bertz CT molecular complexity index is 693. The largest absolute Gasteiger partial charge is 0.253 e. The van der Waals surface area contributed by atoms with E-state index in [1.807, 2.05) is 25.1 Å². The second-order valence-electron chi connectivity index (χ2n) is 3.70. The van der Waals surface area contributed by atoms with E-state index in [9.17, 15) is 0 Å². The number of pyridine rings is 1. The SMILES string of the molecule is Cc1cc(-c2nc(Br)ns2)c2ccccc2n1. The zero-order valence-electron chi connectivity index (χ0n) is 9.01. The Morgan fingerprint density at radius 1 is 1.18 bits per heavy atom. The lowest BCUT2D eigenvalue weighted by Crippen LogP contribution is -1.87. The lowest BCUT2D eigenvalue weighted by atomic mass is 10.1. The second-order valence-corrected chi connectivity index (χ2v) is 5.16. The van der Waals surface area contributed by atoms with Crippen molar-refractivity contribution in [1.29, 1.82) is 0 Å². The topological polar surface area (TPSA) is 38.7 Å². The van der Waals surface area contributed by atoms with E-state index in [0.29, 0.717) is 4.73 Å². The van der Waals surface area contributed by atoms with Crippen LogP contribution in [0.15, 0.2) is 35.1 Å². The van der Waals surface area contributed by atoms with Gasteiger partial charge in [-0.3, -0.25) is 4.98 Å². The summed E-state index contributed by atoms with van der Waals surface area (Å²) in [5.74, 6) is 0. The van der Waals surface area contributed by atoms with Gasteiger partial charge in [0.05, 0.1) is 5.52 Å². The quantitative estimate of drug-likeness (QED) is 0.686. The normalized spacial score (nSPS) is 10.9. The van der Waals surface area contributed by atoms with Crippen molar-refractivity contribution in [2.24, 2.45) is 0 Å². The van der Waals surface area contributed by atoms with Crippen LogP contribution in [-0.2, 0) is 0 Å². The maximum atomic E-state index is 4.51. The van der Waals surface area contributed by atoms with Gasteiger partial charge in [-0.25, -0.2) is 4.98 Å². The molecule has 0 fully saturated rings. The minimum absolute atomic E-state index is 0.635. The fourth-order valence-electron chi connectivity index (χ4n) is 1.80. The van der Waals surface area contributed by atoms with Gasteiger partial charge in [0.2, 0.25) is 4.73 Å². The molecule has 84 valence electrons. The van der Waals surface area contributed by atoms with E-state index in [2.05, 4.69) is 42.4 Å². The van der Waals surface area contributed by atoms with Crippen molar-refractivity contribution in [3.63, 3.8) is 0 Å². The molecule has 5 heteroatoms. The van der Waals surface area contributed by atoms with Gasteiger partial charge >= 0.3 is 0 Å². The molecule has 3 nitrogen and oxygen atoms in total. The highest BCUT2D eigenvalue weighted by atomic mass is 79.9. The van der Waals surface area contributed by atoms with E-state index in [0.717, 1.165) is 27.2 Å². The van der Waals surface area contributed by atoms with Crippen LogP contribution in [0.2, 0.25) is 0 Å². The summed E-state index contributed by atoms with van der Waals surface area (Å²) in [7, 11) is 0. The predicted octanol–water partition coefficient (Wildman–Crippen LogP) is 3.82. The number of aromatic nitrogens is 3. The molecule has 2 aromatic heterocycles. The van der Waals surface area contributed by atoms with Crippen LogP contribution >= 0.6 is 27.5 Å². The van der Waals surface area contributed by atoms with Gasteiger partial charge in [-0.05, 0) is 46.5 Å². The third-order valence-electron chi connectivity index (χ3n) is 2.48. The molecule has 0 radical (unpaired) electrons. The third-order valence-corrected chi connectivity index (χ3v) is 3.81. The summed E-state index contributed by atoms with van der Waals surface area (Å²) in [5, 5.41) is 2.03. The zero-order valence-corrected chi connectivity index (χ0v) is 11.4. The van der Waals surface area contributed by atoms with Crippen molar-refractivity contribution < 1.29 is 0 Å². The Labute approximate surface area is 111 Å². The number of fused-ring (bicyclic) bond motifs is 1. The van der Waals surface area contributed by atoms with Gasteiger partial charge < -0.3 is 0 Å². The highest BCUT2D eigenvalue weighted by Gasteiger charge is 2.10. The summed E-state index contributed by atoms with van der Waals surface area (Å²) in [5.41, 5.74) is 3.08. The fraction of sp³-hybridized carbons (Fsp3) is 0.0833. The summed E-state index contributed by atoms with van der Waals surface area (Å²) < 4.78 is 4.79. The number of benzene rings is 1. The number of aryl methyl sites for hydroxylation is 1. The molecule has 0 saturated heterocycles.